The van der Waals surface area contributed by atoms with Crippen molar-refractivity contribution in [1.29, 1.82) is 0 Å². The lowest BCUT2D eigenvalue weighted by atomic mass is 10.0. The van der Waals surface area contributed by atoms with Crippen LogP contribution in [0.25, 0.3) is 11.4 Å². The number of hydrogen-bond donors (Lipinski definition) is 2. The standard InChI is InChI=1S/C20H27N5O4S/c1-14(22-20(21)26)11-15-3-5-16(6-4-15)19-23-17(13-30(2,27)28)12-18(24-19)25-7-9-29-10-8-25/h3-6,12,14H,7-11,13H2,1-2H3,(H3,21,22,26). The number of urea groups is 1. The summed E-state index contributed by atoms with van der Waals surface area (Å²) in [7, 11) is -3.23. The van der Waals surface area contributed by atoms with Crippen molar-refractivity contribution in [2.75, 3.05) is 37.5 Å². The predicted octanol–water partition coefficient (Wildman–Crippen LogP) is 1.12. The molecular formula is C20H27N5O4S. The number of benzene rings is 1. The molecule has 3 N–H and O–H groups in total. The highest BCUT2D eigenvalue weighted by Gasteiger charge is 2.17. The van der Waals surface area contributed by atoms with Crippen LogP contribution >= 0.6 is 0 Å². The van der Waals surface area contributed by atoms with Gasteiger partial charge in [0, 0.05) is 37.0 Å². The van der Waals surface area contributed by atoms with Crippen LogP contribution in [0.2, 0.25) is 0 Å². The molecule has 2 aromatic rings. The van der Waals surface area contributed by atoms with E-state index in [0.717, 1.165) is 11.1 Å². The van der Waals surface area contributed by atoms with E-state index in [9.17, 15) is 13.2 Å². The van der Waals surface area contributed by atoms with Crippen molar-refractivity contribution >= 4 is 21.7 Å². The van der Waals surface area contributed by atoms with E-state index in [1.165, 1.54) is 6.26 Å². The summed E-state index contributed by atoms with van der Waals surface area (Å²) >= 11 is 0. The summed E-state index contributed by atoms with van der Waals surface area (Å²) in [4.78, 5) is 22.2. The van der Waals surface area contributed by atoms with Gasteiger partial charge in [0.05, 0.1) is 24.7 Å². The van der Waals surface area contributed by atoms with Gasteiger partial charge in [0.25, 0.3) is 0 Å². The molecular weight excluding hydrogens is 406 g/mol. The third-order valence-corrected chi connectivity index (χ3v) is 5.47. The molecule has 162 valence electrons. The zero-order chi connectivity index (χ0) is 21.7. The summed E-state index contributed by atoms with van der Waals surface area (Å²) in [5, 5.41) is 2.65. The van der Waals surface area contributed by atoms with Crippen LogP contribution in [-0.2, 0) is 26.7 Å². The van der Waals surface area contributed by atoms with Gasteiger partial charge in [0.2, 0.25) is 0 Å². The number of nitrogens with two attached hydrogens (primary N) is 1. The summed E-state index contributed by atoms with van der Waals surface area (Å²) in [5.41, 5.74) is 7.44. The molecule has 1 aromatic heterocycles. The predicted molar refractivity (Wildman–Crippen MR) is 115 cm³/mol. The first-order chi connectivity index (χ1) is 14.2. The van der Waals surface area contributed by atoms with Crippen molar-refractivity contribution in [1.82, 2.24) is 15.3 Å². The number of nitrogens with zero attached hydrogens (tertiary/aromatic N) is 3. The number of aromatic nitrogens is 2. The lowest BCUT2D eigenvalue weighted by Gasteiger charge is -2.28. The Morgan fingerprint density at radius 2 is 1.90 bits per heavy atom. The third-order valence-electron chi connectivity index (χ3n) is 4.65. The van der Waals surface area contributed by atoms with E-state index in [-0.39, 0.29) is 11.8 Å². The third kappa shape index (κ3) is 6.39. The first-order valence-electron chi connectivity index (χ1n) is 9.73. The monoisotopic (exact) mass is 433 g/mol. The smallest absolute Gasteiger partial charge is 0.312 e. The summed E-state index contributed by atoms with van der Waals surface area (Å²) in [5.74, 6) is 1.03. The minimum absolute atomic E-state index is 0.0874. The Labute approximate surface area is 176 Å². The lowest BCUT2D eigenvalue weighted by Crippen LogP contribution is -2.37. The van der Waals surface area contributed by atoms with Crippen LogP contribution in [0, 0.1) is 0 Å². The van der Waals surface area contributed by atoms with Crippen molar-refractivity contribution in [2.45, 2.75) is 25.1 Å². The first kappa shape index (κ1) is 22.0. The number of primary amides is 1. The fourth-order valence-electron chi connectivity index (χ4n) is 3.35. The van der Waals surface area contributed by atoms with Crippen LogP contribution in [0.3, 0.4) is 0 Å². The molecule has 2 amide bonds. The second-order valence-electron chi connectivity index (χ2n) is 7.52. The van der Waals surface area contributed by atoms with Gasteiger partial charge in [0.1, 0.15) is 5.82 Å². The van der Waals surface area contributed by atoms with Gasteiger partial charge in [-0.05, 0) is 18.9 Å². The van der Waals surface area contributed by atoms with Gasteiger partial charge in [-0.2, -0.15) is 0 Å². The molecule has 0 bridgehead atoms. The number of carbonyl (C=O) groups excluding carboxylic acids is 1. The zero-order valence-electron chi connectivity index (χ0n) is 17.2. The summed E-state index contributed by atoms with van der Waals surface area (Å²) in [6.45, 7) is 4.47. The van der Waals surface area contributed by atoms with E-state index < -0.39 is 15.9 Å². The van der Waals surface area contributed by atoms with E-state index in [1.54, 1.807) is 6.07 Å². The number of ether oxygens (including phenoxy) is 1. The first-order valence-corrected chi connectivity index (χ1v) is 11.8. The van der Waals surface area contributed by atoms with Gasteiger partial charge < -0.3 is 20.7 Å². The van der Waals surface area contributed by atoms with Gasteiger partial charge in [-0.25, -0.2) is 23.2 Å². The van der Waals surface area contributed by atoms with E-state index in [2.05, 4.69) is 20.2 Å². The number of hydrogen-bond acceptors (Lipinski definition) is 7. The minimum atomic E-state index is -3.23. The van der Waals surface area contributed by atoms with Crippen molar-refractivity contribution < 1.29 is 17.9 Å². The van der Waals surface area contributed by atoms with Crippen molar-refractivity contribution in [3.63, 3.8) is 0 Å². The van der Waals surface area contributed by atoms with Gasteiger partial charge in [0.15, 0.2) is 15.7 Å². The molecule has 1 fully saturated rings. The molecule has 10 heteroatoms. The highest BCUT2D eigenvalue weighted by Crippen LogP contribution is 2.23. The molecule has 1 aliphatic rings. The van der Waals surface area contributed by atoms with E-state index in [4.69, 9.17) is 10.5 Å². The Hall–Kier alpha value is -2.72. The summed E-state index contributed by atoms with van der Waals surface area (Å²) in [6.07, 6.45) is 1.83. The molecule has 1 atom stereocenters. The SMILES string of the molecule is CC(Cc1ccc(-c2nc(CS(C)(=O)=O)cc(N3CCOCC3)n2)cc1)NC(N)=O. The molecule has 30 heavy (non-hydrogen) atoms. The molecule has 3 rings (SSSR count). The zero-order valence-corrected chi connectivity index (χ0v) is 18.0. The minimum Gasteiger partial charge on any atom is -0.378 e. The van der Waals surface area contributed by atoms with Gasteiger partial charge in [-0.1, -0.05) is 24.3 Å². The van der Waals surface area contributed by atoms with E-state index in [0.29, 0.717) is 50.1 Å². The number of anilines is 1. The molecule has 1 aliphatic heterocycles. The summed E-state index contributed by atoms with van der Waals surface area (Å²) < 4.78 is 29.1. The highest BCUT2D eigenvalue weighted by molar-refractivity contribution is 7.89. The van der Waals surface area contributed by atoms with Crippen LogP contribution in [0.15, 0.2) is 30.3 Å². The average Bonchev–Trinajstić information content (AvgIpc) is 2.67. The lowest BCUT2D eigenvalue weighted by molar-refractivity contribution is 0.122. The number of sulfone groups is 1. The molecule has 0 radical (unpaired) electrons. The fourth-order valence-corrected chi connectivity index (χ4v) is 4.03. The van der Waals surface area contributed by atoms with Crippen molar-refractivity contribution in [3.05, 3.63) is 41.6 Å². The molecule has 2 heterocycles. The number of nitrogens with one attached hydrogen (secondary N) is 1. The van der Waals surface area contributed by atoms with Gasteiger partial charge in [-0.15, -0.1) is 0 Å². The number of morpholine rings is 1. The van der Waals surface area contributed by atoms with E-state index >= 15 is 0 Å². The van der Waals surface area contributed by atoms with E-state index in [1.807, 2.05) is 31.2 Å². The maximum atomic E-state index is 11.8. The quantitative estimate of drug-likeness (QED) is 0.670. The topological polar surface area (TPSA) is 128 Å². The Bertz CT molecular complexity index is 989. The maximum absolute atomic E-state index is 11.8. The molecule has 1 unspecified atom stereocenters. The van der Waals surface area contributed by atoms with Crippen LogP contribution in [0.5, 0.6) is 0 Å². The van der Waals surface area contributed by atoms with Gasteiger partial charge >= 0.3 is 6.03 Å². The molecule has 1 aromatic carbocycles. The number of carbonyl (C=O) groups is 1. The number of rotatable bonds is 7. The average molecular weight is 434 g/mol. The maximum Gasteiger partial charge on any atom is 0.312 e. The Balaban J connectivity index is 1.87. The molecule has 1 saturated heterocycles. The summed E-state index contributed by atoms with van der Waals surface area (Å²) in [6, 6.07) is 8.78. The largest absolute Gasteiger partial charge is 0.378 e. The van der Waals surface area contributed by atoms with Crippen LogP contribution in [-0.4, -0.2) is 63.0 Å². The second-order valence-corrected chi connectivity index (χ2v) is 9.66. The Kier molecular flexibility index (Phi) is 6.88. The Morgan fingerprint density at radius 1 is 1.23 bits per heavy atom. The van der Waals surface area contributed by atoms with Crippen LogP contribution in [0.4, 0.5) is 10.6 Å². The molecule has 0 saturated carbocycles. The van der Waals surface area contributed by atoms with Gasteiger partial charge in [-0.3, -0.25) is 0 Å². The Morgan fingerprint density at radius 3 is 2.50 bits per heavy atom. The van der Waals surface area contributed by atoms with Crippen LogP contribution < -0.4 is 16.0 Å². The highest BCUT2D eigenvalue weighted by atomic mass is 32.2. The molecule has 0 spiro atoms. The van der Waals surface area contributed by atoms with Crippen molar-refractivity contribution in [2.24, 2.45) is 5.73 Å². The second kappa shape index (κ2) is 9.40. The molecule has 0 aliphatic carbocycles. The number of amides is 2. The van der Waals surface area contributed by atoms with Crippen LogP contribution in [0.1, 0.15) is 18.2 Å². The normalized spacial score (nSPS) is 15.6. The molecule has 9 nitrogen and oxygen atoms in total. The fraction of sp³-hybridized carbons (Fsp3) is 0.450. The van der Waals surface area contributed by atoms with Crippen molar-refractivity contribution in [3.8, 4) is 11.4 Å².